The van der Waals surface area contributed by atoms with E-state index in [1.54, 1.807) is 12.3 Å². The lowest BCUT2D eigenvalue weighted by molar-refractivity contribution is 0.378. The molecule has 17 heavy (non-hydrogen) atoms. The van der Waals surface area contributed by atoms with Crippen molar-refractivity contribution >= 4 is 26.6 Å². The Kier molecular flexibility index (Phi) is 8.38. The van der Waals surface area contributed by atoms with Gasteiger partial charge in [-0.15, -0.1) is 0 Å². The van der Waals surface area contributed by atoms with Crippen LogP contribution >= 0.6 is 0 Å². The van der Waals surface area contributed by atoms with Crippen LogP contribution in [0.25, 0.3) is 0 Å². The zero-order valence-electron chi connectivity index (χ0n) is 8.07. The van der Waals surface area contributed by atoms with Crippen molar-refractivity contribution in [3.8, 4) is 0 Å². The number of hydrogen-bond donors (Lipinski definition) is 5. The third-order valence-corrected chi connectivity index (χ3v) is 0.688. The topological polar surface area (TPSA) is 188 Å². The van der Waals surface area contributed by atoms with Crippen LogP contribution in [-0.4, -0.2) is 40.0 Å². The average molecular weight is 290 g/mol. The highest BCUT2D eigenvalue weighted by molar-refractivity contribution is 7.80. The standard InChI is InChI=1S/C5H6N2.2H2O4S/c6-5-3-1-2-4-7-5;2*1-5(2,3)4/h1-4H,(H2,6,7);2*(H2,1,2,3,4). The third-order valence-electron chi connectivity index (χ3n) is 0.688. The second-order valence-corrected chi connectivity index (χ2v) is 3.94. The largest absolute Gasteiger partial charge is 0.394 e. The maximum atomic E-state index is 8.74. The van der Waals surface area contributed by atoms with Crippen molar-refractivity contribution in [2.24, 2.45) is 0 Å². The van der Waals surface area contributed by atoms with Crippen LogP contribution in [0.3, 0.4) is 0 Å². The van der Waals surface area contributed by atoms with Gasteiger partial charge in [0, 0.05) is 6.20 Å². The molecule has 100 valence electrons. The van der Waals surface area contributed by atoms with E-state index in [0.717, 1.165) is 0 Å². The zero-order chi connectivity index (χ0) is 14.1. The number of aromatic nitrogens is 1. The Morgan fingerprint density at radius 1 is 0.941 bits per heavy atom. The second-order valence-electron chi connectivity index (χ2n) is 2.15. The molecule has 0 radical (unpaired) electrons. The molecule has 1 heterocycles. The Morgan fingerprint density at radius 3 is 1.41 bits per heavy atom. The van der Waals surface area contributed by atoms with E-state index in [9.17, 15) is 0 Å². The number of pyridine rings is 1. The quantitative estimate of drug-likeness (QED) is 0.384. The number of hydrogen-bond acceptors (Lipinski definition) is 6. The first-order valence-corrected chi connectivity index (χ1v) is 6.25. The lowest BCUT2D eigenvalue weighted by Crippen LogP contribution is -1.89. The van der Waals surface area contributed by atoms with Gasteiger partial charge in [0.05, 0.1) is 0 Å². The van der Waals surface area contributed by atoms with Crippen molar-refractivity contribution in [1.29, 1.82) is 0 Å². The third kappa shape index (κ3) is 52.9. The van der Waals surface area contributed by atoms with Crippen molar-refractivity contribution < 1.29 is 35.0 Å². The van der Waals surface area contributed by atoms with Gasteiger partial charge >= 0.3 is 20.8 Å². The number of nitrogens with two attached hydrogens (primary N) is 1. The summed E-state index contributed by atoms with van der Waals surface area (Å²) in [6, 6.07) is 5.43. The van der Waals surface area contributed by atoms with Crippen molar-refractivity contribution in [3.63, 3.8) is 0 Å². The maximum absolute atomic E-state index is 8.74. The lowest BCUT2D eigenvalue weighted by atomic mass is 10.5. The minimum Gasteiger partial charge on any atom is -0.384 e. The molecule has 0 spiro atoms. The van der Waals surface area contributed by atoms with Gasteiger partial charge in [-0.1, -0.05) is 6.07 Å². The summed E-state index contributed by atoms with van der Waals surface area (Å²) in [5, 5.41) is 0. The summed E-state index contributed by atoms with van der Waals surface area (Å²) in [6.45, 7) is 0. The summed E-state index contributed by atoms with van der Waals surface area (Å²) in [5.74, 6) is 0.572. The first-order chi connectivity index (χ1) is 7.39. The van der Waals surface area contributed by atoms with Gasteiger partial charge in [-0.05, 0) is 12.1 Å². The number of nitrogen functional groups attached to an aromatic ring is 1. The SMILES string of the molecule is Nc1ccccn1.O=S(=O)(O)O.O=S(=O)(O)O. The summed E-state index contributed by atoms with van der Waals surface area (Å²) in [4.78, 5) is 3.76. The predicted octanol–water partition coefficient (Wildman–Crippen LogP) is -0.642. The molecule has 0 fully saturated rings. The summed E-state index contributed by atoms with van der Waals surface area (Å²) in [6.07, 6.45) is 1.66. The van der Waals surface area contributed by atoms with Crippen LogP contribution in [0, 0.1) is 0 Å². The van der Waals surface area contributed by atoms with Crippen molar-refractivity contribution in [3.05, 3.63) is 24.4 Å². The van der Waals surface area contributed by atoms with Gasteiger partial charge in [0.2, 0.25) is 0 Å². The summed E-state index contributed by atoms with van der Waals surface area (Å²) in [5.41, 5.74) is 5.25. The summed E-state index contributed by atoms with van der Waals surface area (Å²) >= 11 is 0. The fourth-order valence-electron chi connectivity index (χ4n) is 0.376. The average Bonchev–Trinajstić information content (AvgIpc) is 1.98. The van der Waals surface area contributed by atoms with Crippen LogP contribution in [0.1, 0.15) is 0 Å². The fraction of sp³-hybridized carbons (Fsp3) is 0. The molecule has 0 aliphatic carbocycles. The minimum atomic E-state index is -4.67. The number of nitrogens with zero attached hydrogens (tertiary/aromatic N) is 1. The molecular formula is C5H10N2O8S2. The lowest BCUT2D eigenvalue weighted by Gasteiger charge is -1.82. The van der Waals surface area contributed by atoms with Gasteiger partial charge in [0.1, 0.15) is 5.82 Å². The smallest absolute Gasteiger partial charge is 0.384 e. The fourth-order valence-corrected chi connectivity index (χ4v) is 0.376. The van der Waals surface area contributed by atoms with E-state index in [2.05, 4.69) is 4.98 Å². The Bertz CT molecular complexity index is 450. The summed E-state index contributed by atoms with van der Waals surface area (Å²) in [7, 11) is -9.33. The molecule has 1 aromatic heterocycles. The molecule has 0 aliphatic heterocycles. The van der Waals surface area contributed by atoms with Gasteiger partial charge in [0.25, 0.3) is 0 Å². The molecule has 1 rings (SSSR count). The predicted molar refractivity (Wildman–Crippen MR) is 57.0 cm³/mol. The Labute approximate surface area is 97.3 Å². The molecule has 10 nitrogen and oxygen atoms in total. The highest BCUT2D eigenvalue weighted by Gasteiger charge is 1.85. The van der Waals surface area contributed by atoms with Gasteiger partial charge < -0.3 is 5.73 Å². The monoisotopic (exact) mass is 290 g/mol. The number of rotatable bonds is 0. The molecular weight excluding hydrogens is 280 g/mol. The second kappa shape index (κ2) is 7.88. The van der Waals surface area contributed by atoms with Crippen LogP contribution in [0.15, 0.2) is 24.4 Å². The Morgan fingerprint density at radius 2 is 1.29 bits per heavy atom. The Balaban J connectivity index is 0. The molecule has 0 saturated heterocycles. The normalized spacial score (nSPS) is 10.4. The molecule has 0 aromatic carbocycles. The molecule has 0 saturated carbocycles. The van der Waals surface area contributed by atoms with Gasteiger partial charge in [-0.2, -0.15) is 16.8 Å². The number of anilines is 1. The van der Waals surface area contributed by atoms with E-state index in [-0.39, 0.29) is 0 Å². The minimum absolute atomic E-state index is 0.572. The van der Waals surface area contributed by atoms with Gasteiger partial charge in [-0.25, -0.2) is 4.98 Å². The van der Waals surface area contributed by atoms with Crippen molar-refractivity contribution in [1.82, 2.24) is 4.98 Å². The molecule has 0 unspecified atom stereocenters. The van der Waals surface area contributed by atoms with E-state index in [1.807, 2.05) is 12.1 Å². The highest BCUT2D eigenvalue weighted by atomic mass is 32.3. The van der Waals surface area contributed by atoms with Gasteiger partial charge in [0.15, 0.2) is 0 Å². The first kappa shape index (κ1) is 18.1. The van der Waals surface area contributed by atoms with Crippen LogP contribution in [0.5, 0.6) is 0 Å². The van der Waals surface area contributed by atoms with Crippen LogP contribution in [0.4, 0.5) is 5.82 Å². The van der Waals surface area contributed by atoms with Crippen LogP contribution < -0.4 is 5.73 Å². The zero-order valence-corrected chi connectivity index (χ0v) is 9.71. The van der Waals surface area contributed by atoms with Crippen LogP contribution in [0.2, 0.25) is 0 Å². The van der Waals surface area contributed by atoms with Crippen molar-refractivity contribution in [2.45, 2.75) is 0 Å². The Hall–Kier alpha value is -1.31. The summed E-state index contributed by atoms with van der Waals surface area (Å²) < 4.78 is 63.2. The van der Waals surface area contributed by atoms with E-state index in [1.165, 1.54) is 0 Å². The molecule has 12 heteroatoms. The van der Waals surface area contributed by atoms with Crippen LogP contribution in [-0.2, 0) is 20.8 Å². The molecule has 0 amide bonds. The van der Waals surface area contributed by atoms with E-state index in [4.69, 9.17) is 40.8 Å². The van der Waals surface area contributed by atoms with Crippen molar-refractivity contribution in [2.75, 3.05) is 5.73 Å². The molecule has 1 aromatic rings. The first-order valence-electron chi connectivity index (χ1n) is 3.46. The maximum Gasteiger partial charge on any atom is 0.394 e. The highest BCUT2D eigenvalue weighted by Crippen LogP contribution is 1.89. The van der Waals surface area contributed by atoms with E-state index in [0.29, 0.717) is 5.82 Å². The van der Waals surface area contributed by atoms with E-state index < -0.39 is 20.8 Å². The van der Waals surface area contributed by atoms with Gasteiger partial charge in [-0.3, -0.25) is 18.2 Å². The molecule has 0 atom stereocenters. The molecule has 0 aliphatic rings. The molecule has 6 N–H and O–H groups in total. The van der Waals surface area contributed by atoms with E-state index >= 15 is 0 Å². The molecule has 0 bridgehead atoms.